The second kappa shape index (κ2) is 4.97. The highest BCUT2D eigenvalue weighted by atomic mass is 19.1. The Kier molecular flexibility index (Phi) is 3.26. The molecular weight excluding hydrogens is 319 g/mol. The molecule has 25 heavy (non-hydrogen) atoms. The average molecular weight is 342 g/mol. The van der Waals surface area contributed by atoms with Crippen LogP contribution in [0, 0.1) is 28.5 Å². The van der Waals surface area contributed by atoms with Crippen molar-refractivity contribution in [2.24, 2.45) is 11.3 Å². The Hall–Kier alpha value is -2.09. The van der Waals surface area contributed by atoms with Gasteiger partial charge in [0, 0.05) is 19.0 Å². The van der Waals surface area contributed by atoms with Gasteiger partial charge in [-0.05, 0) is 68.6 Å². The first-order chi connectivity index (χ1) is 11.7. The number of rotatable bonds is 2. The molecule has 5 rings (SSSR count). The second-order valence-corrected chi connectivity index (χ2v) is 9.06. The number of nitriles is 1. The molecule has 4 nitrogen and oxygen atoms in total. The summed E-state index contributed by atoms with van der Waals surface area (Å²) in [5.74, 6) is 0.168. The highest BCUT2D eigenvalue weighted by Gasteiger charge is 2.72. The standard InChI is InChI=1S/C20H23FN2O2/c1-18(2,3)25-17(24)23-8-14(9-23)19-10-20(11-19,12-19)16-5-4-15(21)6-13(16)7-22/h4-6,14H,8-12H2,1-3H3. The van der Waals surface area contributed by atoms with Crippen molar-refractivity contribution in [1.82, 2.24) is 4.90 Å². The minimum atomic E-state index is -0.459. The van der Waals surface area contributed by atoms with Gasteiger partial charge in [0.2, 0.25) is 0 Å². The highest BCUT2D eigenvalue weighted by molar-refractivity contribution is 5.69. The summed E-state index contributed by atoms with van der Waals surface area (Å²) in [6.07, 6.45) is 2.92. The van der Waals surface area contributed by atoms with Crippen LogP contribution in [0.5, 0.6) is 0 Å². The van der Waals surface area contributed by atoms with E-state index in [1.54, 1.807) is 11.0 Å². The first-order valence-corrected chi connectivity index (χ1v) is 8.85. The number of nitrogens with zero attached hydrogens (tertiary/aromatic N) is 2. The van der Waals surface area contributed by atoms with Gasteiger partial charge in [-0.15, -0.1) is 0 Å². The third kappa shape index (κ3) is 2.42. The van der Waals surface area contributed by atoms with Crippen molar-refractivity contribution < 1.29 is 13.9 Å². The maximum Gasteiger partial charge on any atom is 0.410 e. The molecule has 132 valence electrons. The van der Waals surface area contributed by atoms with Gasteiger partial charge in [0.15, 0.2) is 0 Å². The van der Waals surface area contributed by atoms with Crippen LogP contribution >= 0.6 is 0 Å². The van der Waals surface area contributed by atoms with E-state index in [-0.39, 0.29) is 17.3 Å². The van der Waals surface area contributed by atoms with E-state index in [2.05, 4.69) is 6.07 Å². The third-order valence-electron chi connectivity index (χ3n) is 6.14. The summed E-state index contributed by atoms with van der Waals surface area (Å²) in [5, 5.41) is 9.29. The molecule has 1 amide bonds. The summed E-state index contributed by atoms with van der Waals surface area (Å²) < 4.78 is 18.8. The maximum atomic E-state index is 13.4. The third-order valence-corrected chi connectivity index (χ3v) is 6.14. The molecule has 3 saturated carbocycles. The monoisotopic (exact) mass is 342 g/mol. The summed E-state index contributed by atoms with van der Waals surface area (Å²) >= 11 is 0. The first kappa shape index (κ1) is 16.4. The summed E-state index contributed by atoms with van der Waals surface area (Å²) in [6.45, 7) is 7.16. The minimum absolute atomic E-state index is 0.0606. The van der Waals surface area contributed by atoms with Crippen LogP contribution in [0.25, 0.3) is 0 Å². The Morgan fingerprint density at radius 2 is 1.96 bits per heavy atom. The maximum absolute atomic E-state index is 13.4. The molecule has 0 aromatic heterocycles. The van der Waals surface area contributed by atoms with Crippen LogP contribution in [-0.2, 0) is 10.2 Å². The molecule has 3 aliphatic carbocycles. The van der Waals surface area contributed by atoms with E-state index in [0.717, 1.165) is 37.9 Å². The number of benzene rings is 1. The van der Waals surface area contributed by atoms with E-state index < -0.39 is 5.60 Å². The molecule has 2 bridgehead atoms. The number of hydrogen-bond donors (Lipinski definition) is 0. The quantitative estimate of drug-likeness (QED) is 0.817. The summed E-state index contributed by atoms with van der Waals surface area (Å²) in [7, 11) is 0. The molecular formula is C20H23FN2O2. The first-order valence-electron chi connectivity index (χ1n) is 8.85. The van der Waals surface area contributed by atoms with Crippen molar-refractivity contribution in [3.63, 3.8) is 0 Å². The van der Waals surface area contributed by atoms with Crippen molar-refractivity contribution in [3.8, 4) is 6.07 Å². The van der Waals surface area contributed by atoms with Crippen LogP contribution in [0.4, 0.5) is 9.18 Å². The molecule has 1 aromatic rings. The SMILES string of the molecule is CC(C)(C)OC(=O)N1CC(C23CC(c4ccc(F)cc4C#N)(C2)C3)C1. The molecule has 1 aromatic carbocycles. The molecule has 5 heteroatoms. The lowest BCUT2D eigenvalue weighted by molar-refractivity contribution is -0.209. The van der Waals surface area contributed by atoms with Gasteiger partial charge in [-0.2, -0.15) is 5.26 Å². The van der Waals surface area contributed by atoms with Crippen LogP contribution in [0.1, 0.15) is 51.2 Å². The lowest BCUT2D eigenvalue weighted by Crippen LogP contribution is -2.73. The molecule has 1 heterocycles. The zero-order valence-electron chi connectivity index (χ0n) is 14.9. The van der Waals surface area contributed by atoms with Crippen molar-refractivity contribution >= 4 is 6.09 Å². The van der Waals surface area contributed by atoms with Crippen molar-refractivity contribution in [1.29, 1.82) is 5.26 Å². The van der Waals surface area contributed by atoms with E-state index in [1.807, 2.05) is 20.8 Å². The van der Waals surface area contributed by atoms with Gasteiger partial charge >= 0.3 is 6.09 Å². The zero-order valence-corrected chi connectivity index (χ0v) is 14.9. The van der Waals surface area contributed by atoms with Crippen molar-refractivity contribution in [3.05, 3.63) is 35.1 Å². The van der Waals surface area contributed by atoms with E-state index in [1.165, 1.54) is 12.1 Å². The number of halogens is 1. The van der Waals surface area contributed by atoms with Crippen LogP contribution < -0.4 is 0 Å². The molecule has 0 atom stereocenters. The number of amides is 1. The van der Waals surface area contributed by atoms with Gasteiger partial charge in [0.25, 0.3) is 0 Å². The molecule has 0 unspecified atom stereocenters. The van der Waals surface area contributed by atoms with Crippen LogP contribution in [0.15, 0.2) is 18.2 Å². The van der Waals surface area contributed by atoms with Crippen molar-refractivity contribution in [2.75, 3.05) is 13.1 Å². The highest BCUT2D eigenvalue weighted by Crippen LogP contribution is 2.77. The Labute approximate surface area is 147 Å². The van der Waals surface area contributed by atoms with Crippen LogP contribution in [0.3, 0.4) is 0 Å². The summed E-state index contributed by atoms with van der Waals surface area (Å²) in [4.78, 5) is 13.8. The number of likely N-dealkylation sites (tertiary alicyclic amines) is 1. The average Bonchev–Trinajstić information content (AvgIpc) is 2.36. The Morgan fingerprint density at radius 1 is 1.32 bits per heavy atom. The molecule has 0 spiro atoms. The molecule has 1 saturated heterocycles. The number of hydrogen-bond acceptors (Lipinski definition) is 3. The van der Waals surface area contributed by atoms with E-state index in [9.17, 15) is 14.4 Å². The fraction of sp³-hybridized carbons (Fsp3) is 0.600. The second-order valence-electron chi connectivity index (χ2n) is 9.06. The number of carbonyl (C=O) groups excluding carboxylic acids is 1. The lowest BCUT2D eigenvalue weighted by Gasteiger charge is -2.76. The zero-order chi connectivity index (χ0) is 18.0. The van der Waals surface area contributed by atoms with Gasteiger partial charge in [0.05, 0.1) is 11.6 Å². The van der Waals surface area contributed by atoms with Gasteiger partial charge in [-0.1, -0.05) is 6.07 Å². The number of ether oxygens (including phenoxy) is 1. The lowest BCUT2D eigenvalue weighted by atomic mass is 9.29. The Balaban J connectivity index is 1.37. The van der Waals surface area contributed by atoms with Gasteiger partial charge < -0.3 is 9.64 Å². The number of carbonyl (C=O) groups is 1. The predicted octanol–water partition coefficient (Wildman–Crippen LogP) is 3.99. The van der Waals surface area contributed by atoms with E-state index >= 15 is 0 Å². The van der Waals surface area contributed by atoms with Gasteiger partial charge in [-0.3, -0.25) is 0 Å². The molecule has 4 fully saturated rings. The van der Waals surface area contributed by atoms with Gasteiger partial charge in [-0.25, -0.2) is 9.18 Å². The Bertz CT molecular complexity index is 764. The normalized spacial score (nSPS) is 30.6. The molecule has 4 aliphatic rings. The Morgan fingerprint density at radius 3 is 2.52 bits per heavy atom. The van der Waals surface area contributed by atoms with E-state index in [4.69, 9.17) is 4.74 Å². The predicted molar refractivity (Wildman–Crippen MR) is 90.4 cm³/mol. The van der Waals surface area contributed by atoms with Crippen molar-refractivity contribution in [2.45, 2.75) is 51.0 Å². The molecule has 1 aliphatic heterocycles. The minimum Gasteiger partial charge on any atom is -0.444 e. The largest absolute Gasteiger partial charge is 0.444 e. The fourth-order valence-electron chi connectivity index (χ4n) is 5.00. The molecule has 0 N–H and O–H groups in total. The van der Waals surface area contributed by atoms with Crippen LogP contribution in [-0.4, -0.2) is 29.7 Å². The van der Waals surface area contributed by atoms with Crippen LogP contribution in [0.2, 0.25) is 0 Å². The van der Waals surface area contributed by atoms with Gasteiger partial charge in [0.1, 0.15) is 11.4 Å². The molecule has 0 radical (unpaired) electrons. The summed E-state index contributed by atoms with van der Waals surface area (Å²) in [6, 6.07) is 6.72. The smallest absolute Gasteiger partial charge is 0.410 e. The fourth-order valence-corrected chi connectivity index (χ4v) is 5.00. The topological polar surface area (TPSA) is 53.3 Å². The summed E-state index contributed by atoms with van der Waals surface area (Å²) in [5.41, 5.74) is 1.38. The van der Waals surface area contributed by atoms with E-state index in [0.29, 0.717) is 16.9 Å².